The standard InChI is InChI=1S/C21H34Cl2O2Si2.Zr/c1-21(2,19-15(22)7-9-17(19)26(3,4)13-11-24)20-16(23)8-10-18(20)27(5,6)14-12-25;/h9-10,24-25H,7-8,11-14H2,1-6H3;. The van der Waals surface area contributed by atoms with Gasteiger partial charge in [0, 0.05) is 67.7 Å². The van der Waals surface area contributed by atoms with Crippen LogP contribution >= 0.6 is 23.2 Å². The molecule has 2 aliphatic carbocycles. The number of rotatable bonds is 8. The molecule has 0 aromatic carbocycles. The van der Waals surface area contributed by atoms with Crippen LogP contribution in [0.25, 0.3) is 0 Å². The van der Waals surface area contributed by atoms with E-state index >= 15 is 0 Å². The van der Waals surface area contributed by atoms with Crippen molar-refractivity contribution in [2.45, 2.75) is 65.0 Å². The van der Waals surface area contributed by atoms with Gasteiger partial charge in [0.1, 0.15) is 0 Å². The van der Waals surface area contributed by atoms with Crippen LogP contribution in [0.15, 0.2) is 43.8 Å². The Kier molecular flexibility index (Phi) is 9.51. The average Bonchev–Trinajstić information content (AvgIpc) is 3.11. The zero-order chi connectivity index (χ0) is 20.6. The van der Waals surface area contributed by atoms with Gasteiger partial charge in [0.2, 0.25) is 0 Å². The first kappa shape index (κ1) is 26.8. The maximum atomic E-state index is 9.58. The number of allylic oxidation sites excluding steroid dienone is 8. The number of aliphatic hydroxyl groups is 2. The molecule has 7 heteroatoms. The molecule has 2 nitrogen and oxygen atoms in total. The van der Waals surface area contributed by atoms with Gasteiger partial charge in [0.25, 0.3) is 0 Å². The molecule has 2 aliphatic rings. The van der Waals surface area contributed by atoms with E-state index in [0.29, 0.717) is 0 Å². The minimum Gasteiger partial charge on any atom is -0.397 e. The molecular formula is C21H34Cl2O2Si2Zr. The second-order valence-corrected chi connectivity index (χ2v) is 20.1. The molecule has 2 N–H and O–H groups in total. The van der Waals surface area contributed by atoms with Gasteiger partial charge >= 0.3 is 0 Å². The van der Waals surface area contributed by atoms with Gasteiger partial charge in [-0.25, -0.2) is 0 Å². The Labute approximate surface area is 201 Å². The molecule has 0 bridgehead atoms. The molecule has 0 aromatic rings. The molecule has 28 heavy (non-hydrogen) atoms. The summed E-state index contributed by atoms with van der Waals surface area (Å²) in [5.41, 5.74) is 2.17. The van der Waals surface area contributed by atoms with E-state index in [1.165, 1.54) is 21.5 Å². The van der Waals surface area contributed by atoms with E-state index in [9.17, 15) is 10.2 Å². The van der Waals surface area contributed by atoms with Gasteiger partial charge in [-0.2, -0.15) is 0 Å². The van der Waals surface area contributed by atoms with Crippen molar-refractivity contribution in [3.63, 3.8) is 0 Å². The summed E-state index contributed by atoms with van der Waals surface area (Å²) >= 11 is 13.6. The molecule has 0 aromatic heterocycles. The summed E-state index contributed by atoms with van der Waals surface area (Å²) in [6.07, 6.45) is 6.12. The predicted octanol–water partition coefficient (Wildman–Crippen LogP) is 6.14. The fourth-order valence-electron chi connectivity index (χ4n) is 4.62. The quantitative estimate of drug-likeness (QED) is 0.366. The monoisotopic (exact) mass is 534 g/mol. The van der Waals surface area contributed by atoms with Crippen LogP contribution in [0.5, 0.6) is 0 Å². The van der Waals surface area contributed by atoms with Crippen LogP contribution in [0.1, 0.15) is 26.7 Å². The van der Waals surface area contributed by atoms with Crippen molar-refractivity contribution in [1.82, 2.24) is 0 Å². The van der Waals surface area contributed by atoms with Gasteiger partial charge in [-0.1, -0.05) is 85.8 Å². The van der Waals surface area contributed by atoms with E-state index in [1.807, 2.05) is 0 Å². The first-order valence-electron chi connectivity index (χ1n) is 9.82. The summed E-state index contributed by atoms with van der Waals surface area (Å²) in [5, 5.41) is 23.7. The molecule has 0 fully saturated rings. The summed E-state index contributed by atoms with van der Waals surface area (Å²) in [7, 11) is -3.57. The SMILES string of the molecule is CC(C)(C1=C(Cl)CC=C1[Si](C)(C)CCO)C1=C(Cl)CC=C1[Si](C)(C)CCO.[Zr]. The Hall–Kier alpha value is 0.777. The van der Waals surface area contributed by atoms with Crippen molar-refractivity contribution in [2.75, 3.05) is 13.2 Å². The number of hydrogen-bond acceptors (Lipinski definition) is 2. The first-order chi connectivity index (χ1) is 12.4. The summed E-state index contributed by atoms with van der Waals surface area (Å²) in [6, 6.07) is 1.67. The van der Waals surface area contributed by atoms with E-state index in [4.69, 9.17) is 23.2 Å². The molecule has 0 aliphatic heterocycles. The zero-order valence-corrected chi connectivity index (χ0v) is 24.0. The Morgan fingerprint density at radius 3 is 1.43 bits per heavy atom. The maximum absolute atomic E-state index is 9.58. The molecule has 0 unspecified atom stereocenters. The third-order valence-electron chi connectivity index (χ3n) is 6.23. The smallest absolute Gasteiger partial charge is 0.0829 e. The number of halogens is 2. The van der Waals surface area contributed by atoms with Crippen molar-refractivity contribution in [3.05, 3.63) is 43.8 Å². The topological polar surface area (TPSA) is 40.5 Å². The van der Waals surface area contributed by atoms with Crippen LogP contribution in [0.4, 0.5) is 0 Å². The summed E-state index contributed by atoms with van der Waals surface area (Å²) in [6.45, 7) is 14.2. The molecule has 0 saturated carbocycles. The Bertz CT molecular complexity index is 675. The van der Waals surface area contributed by atoms with E-state index in [1.54, 1.807) is 0 Å². The Morgan fingerprint density at radius 1 is 0.821 bits per heavy atom. The second kappa shape index (κ2) is 9.93. The molecule has 156 valence electrons. The van der Waals surface area contributed by atoms with Crippen LogP contribution in [-0.2, 0) is 26.2 Å². The van der Waals surface area contributed by atoms with E-state index in [0.717, 1.165) is 35.0 Å². The van der Waals surface area contributed by atoms with Crippen LogP contribution < -0.4 is 0 Å². The van der Waals surface area contributed by atoms with E-state index in [-0.39, 0.29) is 44.8 Å². The van der Waals surface area contributed by atoms with Gasteiger partial charge in [-0.15, -0.1) is 0 Å². The third kappa shape index (κ3) is 5.15. The molecule has 0 radical (unpaired) electrons. The largest absolute Gasteiger partial charge is 0.397 e. The first-order valence-corrected chi connectivity index (χ1v) is 17.0. The molecule has 0 amide bonds. The summed E-state index contributed by atoms with van der Waals surface area (Å²) in [5.74, 6) is 0. The second-order valence-electron chi connectivity index (χ2n) is 9.54. The third-order valence-corrected chi connectivity index (χ3v) is 13.7. The van der Waals surface area contributed by atoms with Crippen molar-refractivity contribution >= 4 is 39.3 Å². The van der Waals surface area contributed by atoms with Crippen molar-refractivity contribution in [2.24, 2.45) is 5.41 Å². The molecule has 0 saturated heterocycles. The minimum atomic E-state index is -1.79. The molecule has 0 heterocycles. The molecule has 0 spiro atoms. The molecule has 2 rings (SSSR count). The zero-order valence-electron chi connectivity index (χ0n) is 18.0. The van der Waals surface area contributed by atoms with Crippen LogP contribution in [0, 0.1) is 5.41 Å². The predicted molar refractivity (Wildman–Crippen MR) is 124 cm³/mol. The molecular weight excluding hydrogens is 503 g/mol. The van der Waals surface area contributed by atoms with Gasteiger partial charge in [0.15, 0.2) is 0 Å². The normalized spacial score (nSPS) is 18.5. The number of hydrogen-bond donors (Lipinski definition) is 2. The number of aliphatic hydroxyl groups excluding tert-OH is 2. The summed E-state index contributed by atoms with van der Waals surface area (Å²) < 4.78 is 0. The van der Waals surface area contributed by atoms with E-state index in [2.05, 4.69) is 52.2 Å². The fourth-order valence-corrected chi connectivity index (χ4v) is 10.9. The van der Waals surface area contributed by atoms with Gasteiger partial charge in [-0.3, -0.25) is 0 Å². The van der Waals surface area contributed by atoms with Crippen LogP contribution in [-0.4, -0.2) is 39.6 Å². The fraction of sp³-hybridized carbons (Fsp3) is 0.619. The Morgan fingerprint density at radius 2 is 1.14 bits per heavy atom. The minimum absolute atomic E-state index is 0. The Balaban J connectivity index is 0.00000392. The van der Waals surface area contributed by atoms with Gasteiger partial charge in [-0.05, 0) is 23.2 Å². The summed E-state index contributed by atoms with van der Waals surface area (Å²) in [4.78, 5) is 0. The van der Waals surface area contributed by atoms with Crippen molar-refractivity contribution < 1.29 is 36.4 Å². The van der Waals surface area contributed by atoms with Crippen LogP contribution in [0.3, 0.4) is 0 Å². The maximum Gasteiger partial charge on any atom is 0.0829 e. The van der Waals surface area contributed by atoms with Crippen molar-refractivity contribution in [3.8, 4) is 0 Å². The van der Waals surface area contributed by atoms with Gasteiger partial charge in [0.05, 0.1) is 16.1 Å². The van der Waals surface area contributed by atoms with E-state index < -0.39 is 16.1 Å². The molecule has 0 atom stereocenters. The van der Waals surface area contributed by atoms with Crippen LogP contribution in [0.2, 0.25) is 38.3 Å². The van der Waals surface area contributed by atoms with Gasteiger partial charge < -0.3 is 10.2 Å². The average molecular weight is 537 g/mol. The van der Waals surface area contributed by atoms with Crippen molar-refractivity contribution in [1.29, 1.82) is 0 Å².